The molecule has 0 saturated carbocycles. The van der Waals surface area contributed by atoms with Gasteiger partial charge in [-0.25, -0.2) is 4.98 Å². The Balaban J connectivity index is 1.83. The van der Waals surface area contributed by atoms with Gasteiger partial charge in [-0.05, 0) is 47.6 Å². The van der Waals surface area contributed by atoms with Gasteiger partial charge in [-0.3, -0.25) is 0 Å². The van der Waals surface area contributed by atoms with Crippen LogP contribution in [-0.4, -0.2) is 9.55 Å². The van der Waals surface area contributed by atoms with Crippen molar-refractivity contribution in [2.75, 3.05) is 0 Å². The molecule has 2 aromatic heterocycles. The molecule has 2 heterocycles. The molecule has 0 N–H and O–H groups in total. The van der Waals surface area contributed by atoms with Crippen LogP contribution < -0.4 is 4.57 Å². The summed E-state index contributed by atoms with van der Waals surface area (Å²) < 4.78 is 4.55. The molecule has 0 aliphatic carbocycles. The third-order valence-electron chi connectivity index (χ3n) is 6.54. The molecule has 0 aliphatic heterocycles. The number of benzene rings is 3. The number of para-hydroxylation sites is 2. The molecule has 5 rings (SSSR count). The molecule has 0 amide bonds. The SMILES string of the molecule is Cc1c(-c2nc3ccccc3n2C)cc(C(C)(C)C)cc1-[n+]1cc2ccccc2cc1C. The highest BCUT2D eigenvalue weighted by atomic mass is 15.1. The summed E-state index contributed by atoms with van der Waals surface area (Å²) in [4.78, 5) is 5.03. The van der Waals surface area contributed by atoms with E-state index in [0.717, 1.165) is 16.9 Å². The van der Waals surface area contributed by atoms with Gasteiger partial charge in [-0.1, -0.05) is 51.1 Å². The van der Waals surface area contributed by atoms with E-state index in [9.17, 15) is 0 Å². The van der Waals surface area contributed by atoms with E-state index in [-0.39, 0.29) is 5.41 Å². The molecule has 0 fully saturated rings. The van der Waals surface area contributed by atoms with Crippen LogP contribution in [0.2, 0.25) is 0 Å². The molecule has 0 unspecified atom stereocenters. The number of aromatic nitrogens is 3. The number of pyridine rings is 1. The van der Waals surface area contributed by atoms with Crippen molar-refractivity contribution in [3.63, 3.8) is 0 Å². The molecule has 0 bridgehead atoms. The van der Waals surface area contributed by atoms with Crippen LogP contribution in [0.4, 0.5) is 0 Å². The van der Waals surface area contributed by atoms with Gasteiger partial charge in [0.05, 0.1) is 11.0 Å². The Morgan fingerprint density at radius 2 is 1.53 bits per heavy atom. The second-order valence-corrected chi connectivity index (χ2v) is 9.81. The minimum Gasteiger partial charge on any atom is -0.327 e. The fourth-order valence-electron chi connectivity index (χ4n) is 4.56. The third-order valence-corrected chi connectivity index (χ3v) is 6.54. The first-order valence-corrected chi connectivity index (χ1v) is 11.2. The number of aryl methyl sites for hydroxylation is 2. The normalized spacial score (nSPS) is 12.1. The number of fused-ring (bicyclic) bond motifs is 2. The summed E-state index contributed by atoms with van der Waals surface area (Å²) in [5, 5.41) is 2.50. The molecular formula is C29H30N3+. The molecule has 3 aromatic carbocycles. The fourth-order valence-corrected chi connectivity index (χ4v) is 4.56. The summed E-state index contributed by atoms with van der Waals surface area (Å²) in [5.74, 6) is 1.01. The largest absolute Gasteiger partial charge is 0.327 e. The van der Waals surface area contributed by atoms with E-state index in [2.05, 4.69) is 124 Å². The predicted octanol–water partition coefficient (Wildman–Crippen LogP) is 6.58. The van der Waals surface area contributed by atoms with Crippen LogP contribution >= 0.6 is 0 Å². The lowest BCUT2D eigenvalue weighted by Crippen LogP contribution is -2.35. The van der Waals surface area contributed by atoms with Crippen LogP contribution in [0.1, 0.15) is 37.6 Å². The van der Waals surface area contributed by atoms with Crippen molar-refractivity contribution in [1.29, 1.82) is 0 Å². The van der Waals surface area contributed by atoms with Gasteiger partial charge in [-0.2, -0.15) is 4.57 Å². The van der Waals surface area contributed by atoms with Gasteiger partial charge < -0.3 is 4.57 Å². The summed E-state index contributed by atoms with van der Waals surface area (Å²) in [6, 6.07) is 23.9. The van der Waals surface area contributed by atoms with Gasteiger partial charge >= 0.3 is 0 Å². The Bertz CT molecular complexity index is 1480. The highest BCUT2D eigenvalue weighted by molar-refractivity contribution is 5.83. The highest BCUT2D eigenvalue weighted by Crippen LogP contribution is 2.34. The first kappa shape index (κ1) is 20.4. The van der Waals surface area contributed by atoms with Crippen LogP contribution in [0.25, 0.3) is 38.9 Å². The zero-order valence-electron chi connectivity index (χ0n) is 19.8. The van der Waals surface area contributed by atoms with Gasteiger partial charge in [0.2, 0.25) is 5.69 Å². The Morgan fingerprint density at radius 3 is 2.25 bits per heavy atom. The van der Waals surface area contributed by atoms with Gasteiger partial charge in [0.25, 0.3) is 0 Å². The minimum absolute atomic E-state index is 0.0209. The quantitative estimate of drug-likeness (QED) is 0.295. The van der Waals surface area contributed by atoms with Crippen molar-refractivity contribution in [2.24, 2.45) is 7.05 Å². The van der Waals surface area contributed by atoms with Crippen molar-refractivity contribution >= 4 is 21.8 Å². The molecule has 0 aliphatic rings. The van der Waals surface area contributed by atoms with Gasteiger partial charge in [0.15, 0.2) is 11.9 Å². The molecule has 32 heavy (non-hydrogen) atoms. The first-order valence-electron chi connectivity index (χ1n) is 11.2. The van der Waals surface area contributed by atoms with E-state index in [1.54, 1.807) is 0 Å². The molecule has 0 saturated heterocycles. The number of hydrogen-bond donors (Lipinski definition) is 0. The van der Waals surface area contributed by atoms with Crippen LogP contribution in [0.5, 0.6) is 0 Å². The smallest absolute Gasteiger partial charge is 0.214 e. The Hall–Kier alpha value is -3.46. The van der Waals surface area contributed by atoms with Crippen LogP contribution in [0.15, 0.2) is 72.9 Å². The predicted molar refractivity (Wildman–Crippen MR) is 133 cm³/mol. The zero-order chi connectivity index (χ0) is 22.6. The molecule has 0 radical (unpaired) electrons. The van der Waals surface area contributed by atoms with E-state index < -0.39 is 0 Å². The Morgan fingerprint density at radius 1 is 0.844 bits per heavy atom. The van der Waals surface area contributed by atoms with Gasteiger partial charge in [0.1, 0.15) is 5.82 Å². The maximum atomic E-state index is 5.03. The second kappa shape index (κ2) is 7.30. The maximum absolute atomic E-state index is 5.03. The van der Waals surface area contributed by atoms with E-state index in [1.807, 2.05) is 0 Å². The van der Waals surface area contributed by atoms with Crippen molar-refractivity contribution < 1.29 is 4.57 Å². The van der Waals surface area contributed by atoms with E-state index in [4.69, 9.17) is 4.98 Å². The van der Waals surface area contributed by atoms with E-state index >= 15 is 0 Å². The molecule has 160 valence electrons. The van der Waals surface area contributed by atoms with Gasteiger partial charge in [0, 0.05) is 42.6 Å². The second-order valence-electron chi connectivity index (χ2n) is 9.81. The molecule has 0 atom stereocenters. The van der Waals surface area contributed by atoms with Crippen molar-refractivity contribution in [3.8, 4) is 17.1 Å². The Labute approximate surface area is 190 Å². The molecular weight excluding hydrogens is 390 g/mol. The molecule has 3 nitrogen and oxygen atoms in total. The van der Waals surface area contributed by atoms with E-state index in [0.29, 0.717) is 0 Å². The molecule has 5 aromatic rings. The van der Waals surface area contributed by atoms with E-state index in [1.165, 1.54) is 38.8 Å². The number of hydrogen-bond acceptors (Lipinski definition) is 1. The lowest BCUT2D eigenvalue weighted by molar-refractivity contribution is -0.601. The lowest BCUT2D eigenvalue weighted by atomic mass is 9.84. The Kier molecular flexibility index (Phi) is 4.67. The first-order chi connectivity index (χ1) is 15.2. The third kappa shape index (κ3) is 3.29. The van der Waals surface area contributed by atoms with Crippen LogP contribution in [0.3, 0.4) is 0 Å². The number of nitrogens with zero attached hydrogens (tertiary/aromatic N) is 3. The fraction of sp³-hybridized carbons (Fsp3) is 0.241. The summed E-state index contributed by atoms with van der Waals surface area (Å²) in [6.07, 6.45) is 2.26. The minimum atomic E-state index is 0.0209. The maximum Gasteiger partial charge on any atom is 0.214 e. The van der Waals surface area contributed by atoms with Crippen LogP contribution in [-0.2, 0) is 12.5 Å². The van der Waals surface area contributed by atoms with Crippen LogP contribution in [0, 0.1) is 13.8 Å². The summed E-state index contributed by atoms with van der Waals surface area (Å²) >= 11 is 0. The zero-order valence-corrected chi connectivity index (χ0v) is 19.8. The lowest BCUT2D eigenvalue weighted by Gasteiger charge is -2.21. The van der Waals surface area contributed by atoms with Crippen molar-refractivity contribution in [3.05, 3.63) is 89.7 Å². The average Bonchev–Trinajstić information content (AvgIpc) is 3.09. The average molecular weight is 421 g/mol. The standard InChI is InChI=1S/C29H30N3/c1-19-15-21-11-7-8-12-22(21)18-32(19)27-17-23(29(3,4)5)16-24(20(27)2)28-30-25-13-9-10-14-26(25)31(28)6/h7-18H,1-6H3/q+1. The van der Waals surface area contributed by atoms with Gasteiger partial charge in [-0.15, -0.1) is 0 Å². The molecule has 0 spiro atoms. The number of rotatable bonds is 2. The van der Waals surface area contributed by atoms with Crippen molar-refractivity contribution in [2.45, 2.75) is 40.0 Å². The topological polar surface area (TPSA) is 21.7 Å². The molecule has 3 heteroatoms. The van der Waals surface area contributed by atoms with Crippen molar-refractivity contribution in [1.82, 2.24) is 9.55 Å². The summed E-state index contributed by atoms with van der Waals surface area (Å²) in [6.45, 7) is 11.2. The summed E-state index contributed by atoms with van der Waals surface area (Å²) in [7, 11) is 2.11. The monoisotopic (exact) mass is 420 g/mol. The summed E-state index contributed by atoms with van der Waals surface area (Å²) in [5.41, 5.74) is 8.36. The highest BCUT2D eigenvalue weighted by Gasteiger charge is 2.25. The number of imidazole rings is 1.